The maximum absolute atomic E-state index is 14.5. The summed E-state index contributed by atoms with van der Waals surface area (Å²) in [7, 11) is 0. The minimum Gasteiger partial charge on any atom is -0.381 e. The zero-order chi connectivity index (χ0) is 19.0. The average Bonchev–Trinajstić information content (AvgIpc) is 3.24. The number of rotatable bonds is 5. The normalized spacial score (nSPS) is 13.8. The Hall–Kier alpha value is -3.20. The van der Waals surface area contributed by atoms with Gasteiger partial charge in [-0.3, -0.25) is 0 Å². The topological polar surface area (TPSA) is 81.6 Å². The molecule has 9 heteroatoms. The van der Waals surface area contributed by atoms with Crippen LogP contribution < -0.4 is 0 Å². The highest BCUT2D eigenvalue weighted by Gasteiger charge is 2.35. The van der Waals surface area contributed by atoms with Gasteiger partial charge in [-0.2, -0.15) is 5.10 Å². The second kappa shape index (κ2) is 6.51. The standard InChI is InChI=1S/C18H16F2N6O/c1-12-2-5-17-16(6-12)23-24-26(17)9-18(27,8-25-11-21-10-22-25)14-4-3-13(19)7-15(14)20/h2-7,10-11,27H,8-9H2,1H3. The molecule has 2 aromatic carbocycles. The van der Waals surface area contributed by atoms with E-state index in [2.05, 4.69) is 20.4 Å². The maximum Gasteiger partial charge on any atom is 0.137 e. The van der Waals surface area contributed by atoms with Gasteiger partial charge in [-0.25, -0.2) is 23.1 Å². The third kappa shape index (κ3) is 3.28. The number of aliphatic hydroxyl groups is 1. The summed E-state index contributed by atoms with van der Waals surface area (Å²) >= 11 is 0. The van der Waals surface area contributed by atoms with Crippen molar-refractivity contribution in [2.75, 3.05) is 0 Å². The van der Waals surface area contributed by atoms with Gasteiger partial charge < -0.3 is 5.11 Å². The number of fused-ring (bicyclic) bond motifs is 1. The Morgan fingerprint density at radius 1 is 1.11 bits per heavy atom. The van der Waals surface area contributed by atoms with E-state index in [4.69, 9.17) is 0 Å². The summed E-state index contributed by atoms with van der Waals surface area (Å²) in [6, 6.07) is 8.68. The first-order valence-electron chi connectivity index (χ1n) is 8.25. The van der Waals surface area contributed by atoms with E-state index in [1.165, 1.54) is 28.1 Å². The summed E-state index contributed by atoms with van der Waals surface area (Å²) in [5, 5.41) is 23.5. The first kappa shape index (κ1) is 17.2. The Bertz CT molecular complexity index is 1090. The highest BCUT2D eigenvalue weighted by molar-refractivity contribution is 5.74. The van der Waals surface area contributed by atoms with E-state index in [1.54, 1.807) is 0 Å². The molecule has 0 saturated heterocycles. The Morgan fingerprint density at radius 3 is 2.70 bits per heavy atom. The molecule has 4 aromatic rings. The fourth-order valence-corrected chi connectivity index (χ4v) is 3.12. The summed E-state index contributed by atoms with van der Waals surface area (Å²) in [6.45, 7) is 1.74. The number of halogens is 2. The lowest BCUT2D eigenvalue weighted by Crippen LogP contribution is -2.37. The van der Waals surface area contributed by atoms with E-state index in [9.17, 15) is 13.9 Å². The van der Waals surface area contributed by atoms with Gasteiger partial charge in [-0.1, -0.05) is 17.3 Å². The first-order valence-corrected chi connectivity index (χ1v) is 8.25. The van der Waals surface area contributed by atoms with Gasteiger partial charge >= 0.3 is 0 Å². The second-order valence-corrected chi connectivity index (χ2v) is 6.49. The molecule has 0 radical (unpaired) electrons. The Balaban J connectivity index is 1.79. The molecule has 1 N–H and O–H groups in total. The van der Waals surface area contributed by atoms with Gasteiger partial charge in [0.25, 0.3) is 0 Å². The molecule has 1 atom stereocenters. The van der Waals surface area contributed by atoms with Crippen LogP contribution in [0, 0.1) is 18.6 Å². The monoisotopic (exact) mass is 370 g/mol. The lowest BCUT2D eigenvalue weighted by Gasteiger charge is -2.29. The van der Waals surface area contributed by atoms with Crippen LogP contribution >= 0.6 is 0 Å². The lowest BCUT2D eigenvalue weighted by atomic mass is 9.92. The van der Waals surface area contributed by atoms with Crippen molar-refractivity contribution in [2.45, 2.75) is 25.6 Å². The molecular weight excluding hydrogens is 354 g/mol. The van der Waals surface area contributed by atoms with Crippen LogP contribution in [0.25, 0.3) is 11.0 Å². The zero-order valence-electron chi connectivity index (χ0n) is 14.4. The van der Waals surface area contributed by atoms with Gasteiger partial charge in [-0.05, 0) is 30.7 Å². The van der Waals surface area contributed by atoms with Crippen LogP contribution in [0.3, 0.4) is 0 Å². The van der Waals surface area contributed by atoms with E-state index < -0.39 is 17.2 Å². The molecule has 0 aliphatic carbocycles. The van der Waals surface area contributed by atoms with Gasteiger partial charge in [0.2, 0.25) is 0 Å². The van der Waals surface area contributed by atoms with E-state index in [1.807, 2.05) is 25.1 Å². The van der Waals surface area contributed by atoms with Crippen molar-refractivity contribution in [2.24, 2.45) is 0 Å². The molecule has 0 spiro atoms. The Labute approximate surface area is 152 Å². The molecule has 7 nitrogen and oxygen atoms in total. The maximum atomic E-state index is 14.5. The number of benzene rings is 2. The van der Waals surface area contributed by atoms with E-state index in [-0.39, 0.29) is 18.7 Å². The molecule has 0 amide bonds. The Morgan fingerprint density at radius 2 is 1.96 bits per heavy atom. The third-order valence-electron chi connectivity index (χ3n) is 4.40. The summed E-state index contributed by atoms with van der Waals surface area (Å²) in [4.78, 5) is 3.85. The van der Waals surface area contributed by atoms with Crippen molar-refractivity contribution in [1.29, 1.82) is 0 Å². The zero-order valence-corrected chi connectivity index (χ0v) is 14.4. The Kier molecular flexibility index (Phi) is 4.15. The van der Waals surface area contributed by atoms with Crippen LogP contribution in [-0.4, -0.2) is 34.9 Å². The van der Waals surface area contributed by atoms with E-state index >= 15 is 0 Å². The summed E-state index contributed by atoms with van der Waals surface area (Å²) in [6.07, 6.45) is 2.73. The van der Waals surface area contributed by atoms with Crippen LogP contribution in [-0.2, 0) is 18.7 Å². The van der Waals surface area contributed by atoms with E-state index in [0.717, 1.165) is 17.7 Å². The molecule has 0 saturated carbocycles. The van der Waals surface area contributed by atoms with E-state index in [0.29, 0.717) is 11.0 Å². The predicted molar refractivity (Wildman–Crippen MR) is 92.5 cm³/mol. The van der Waals surface area contributed by atoms with Gasteiger partial charge in [0, 0.05) is 11.6 Å². The molecule has 27 heavy (non-hydrogen) atoms. The second-order valence-electron chi connectivity index (χ2n) is 6.49. The molecule has 1 unspecified atom stereocenters. The summed E-state index contributed by atoms with van der Waals surface area (Å²) in [5.74, 6) is -1.57. The molecule has 0 aliphatic rings. The van der Waals surface area contributed by atoms with Crippen molar-refractivity contribution < 1.29 is 13.9 Å². The third-order valence-corrected chi connectivity index (χ3v) is 4.40. The summed E-state index contributed by atoms with van der Waals surface area (Å²) < 4.78 is 30.7. The van der Waals surface area contributed by atoms with Crippen molar-refractivity contribution >= 4 is 11.0 Å². The quantitative estimate of drug-likeness (QED) is 0.582. The minimum atomic E-state index is -1.75. The molecule has 138 valence electrons. The number of hydrogen-bond donors (Lipinski definition) is 1. The number of hydrogen-bond acceptors (Lipinski definition) is 5. The average molecular weight is 370 g/mol. The fourth-order valence-electron chi connectivity index (χ4n) is 3.12. The smallest absolute Gasteiger partial charge is 0.137 e. The SMILES string of the molecule is Cc1ccc2c(c1)nnn2CC(O)(Cn1cncn1)c1ccc(F)cc1F. The molecule has 0 fully saturated rings. The van der Waals surface area contributed by atoms with Crippen LogP contribution in [0.4, 0.5) is 8.78 Å². The van der Waals surface area contributed by atoms with Gasteiger partial charge in [-0.15, -0.1) is 5.10 Å². The van der Waals surface area contributed by atoms with Crippen molar-refractivity contribution in [3.63, 3.8) is 0 Å². The van der Waals surface area contributed by atoms with Crippen molar-refractivity contribution in [1.82, 2.24) is 29.8 Å². The van der Waals surface area contributed by atoms with Crippen LogP contribution in [0.2, 0.25) is 0 Å². The minimum absolute atomic E-state index is 0.0600. The molecular formula is C18H16F2N6O. The van der Waals surface area contributed by atoms with Gasteiger partial charge in [0.05, 0.1) is 18.6 Å². The van der Waals surface area contributed by atoms with Gasteiger partial charge in [0.1, 0.15) is 35.4 Å². The van der Waals surface area contributed by atoms with Crippen LogP contribution in [0.1, 0.15) is 11.1 Å². The molecule has 2 aromatic heterocycles. The van der Waals surface area contributed by atoms with Crippen molar-refractivity contribution in [3.05, 3.63) is 71.8 Å². The van der Waals surface area contributed by atoms with Crippen LogP contribution in [0.5, 0.6) is 0 Å². The molecule has 0 bridgehead atoms. The largest absolute Gasteiger partial charge is 0.381 e. The molecule has 4 rings (SSSR count). The molecule has 2 heterocycles. The highest BCUT2D eigenvalue weighted by Crippen LogP contribution is 2.29. The predicted octanol–water partition coefficient (Wildman–Crippen LogP) is 2.20. The van der Waals surface area contributed by atoms with Crippen LogP contribution in [0.15, 0.2) is 49.1 Å². The fraction of sp³-hybridized carbons (Fsp3) is 0.222. The number of aromatic nitrogens is 6. The van der Waals surface area contributed by atoms with Crippen molar-refractivity contribution in [3.8, 4) is 0 Å². The number of aryl methyl sites for hydroxylation is 1. The first-order chi connectivity index (χ1) is 12.9. The number of nitrogens with zero attached hydrogens (tertiary/aromatic N) is 6. The highest BCUT2D eigenvalue weighted by atomic mass is 19.1. The lowest BCUT2D eigenvalue weighted by molar-refractivity contribution is -0.00780. The molecule has 0 aliphatic heterocycles. The van der Waals surface area contributed by atoms with Gasteiger partial charge in [0.15, 0.2) is 0 Å². The summed E-state index contributed by atoms with van der Waals surface area (Å²) in [5.41, 5.74) is 0.571.